The third-order valence-corrected chi connectivity index (χ3v) is 12.9. The van der Waals surface area contributed by atoms with Crippen LogP contribution in [0.4, 0.5) is 0 Å². The highest BCUT2D eigenvalue weighted by Gasteiger charge is 2.19. The van der Waals surface area contributed by atoms with E-state index < -0.39 is 6.10 Å². The van der Waals surface area contributed by atoms with Crippen LogP contribution in [0.15, 0.2) is 182 Å². The molecule has 6 nitrogen and oxygen atoms in total. The van der Waals surface area contributed by atoms with Crippen molar-refractivity contribution in [2.45, 2.75) is 258 Å². The summed E-state index contributed by atoms with van der Waals surface area (Å²) in [5.41, 5.74) is 0. The van der Waals surface area contributed by atoms with Gasteiger partial charge in [0.15, 0.2) is 6.10 Å². The number of unbranched alkanes of at least 4 members (excludes halogenated alkanes) is 15. The first-order valence-electron chi connectivity index (χ1n) is 32.3. The van der Waals surface area contributed by atoms with E-state index in [1.807, 2.05) is 0 Å². The van der Waals surface area contributed by atoms with E-state index in [1.54, 1.807) is 0 Å². The molecule has 0 aliphatic carbocycles. The van der Waals surface area contributed by atoms with E-state index in [2.05, 4.69) is 203 Å². The van der Waals surface area contributed by atoms with E-state index in [0.29, 0.717) is 19.3 Å². The highest BCUT2D eigenvalue weighted by Crippen LogP contribution is 2.13. The van der Waals surface area contributed by atoms with Gasteiger partial charge in [0, 0.05) is 19.3 Å². The first-order valence-corrected chi connectivity index (χ1v) is 32.3. The number of carbonyl (C=O) groups is 3. The third-order valence-electron chi connectivity index (χ3n) is 12.9. The summed E-state index contributed by atoms with van der Waals surface area (Å²) in [4.78, 5) is 38.2. The van der Waals surface area contributed by atoms with Gasteiger partial charge in [-0.3, -0.25) is 14.4 Å². The van der Waals surface area contributed by atoms with Gasteiger partial charge in [-0.05, 0) is 135 Å². The van der Waals surface area contributed by atoms with Crippen molar-refractivity contribution in [2.24, 2.45) is 0 Å². The van der Waals surface area contributed by atoms with Crippen LogP contribution < -0.4 is 0 Å². The predicted molar refractivity (Wildman–Crippen MR) is 352 cm³/mol. The summed E-state index contributed by atoms with van der Waals surface area (Å²) >= 11 is 0. The van der Waals surface area contributed by atoms with Gasteiger partial charge in [-0.15, -0.1) is 0 Å². The second kappa shape index (κ2) is 67.0. The molecule has 0 rings (SSSR count). The van der Waals surface area contributed by atoms with E-state index in [0.717, 1.165) is 154 Å². The van der Waals surface area contributed by atoms with Crippen LogP contribution in [0, 0.1) is 0 Å². The van der Waals surface area contributed by atoms with Crippen LogP contribution in [-0.2, 0) is 28.6 Å². The molecular weight excluding hydrogens is 997 g/mol. The molecule has 0 N–H and O–H groups in total. The second-order valence-corrected chi connectivity index (χ2v) is 20.6. The summed E-state index contributed by atoms with van der Waals surface area (Å²) in [7, 11) is 0. The van der Waals surface area contributed by atoms with E-state index in [1.165, 1.54) is 51.4 Å². The van der Waals surface area contributed by atoms with Crippen molar-refractivity contribution in [1.82, 2.24) is 0 Å². The topological polar surface area (TPSA) is 78.9 Å². The molecule has 0 spiro atoms. The Morgan fingerprint density at radius 2 is 0.494 bits per heavy atom. The van der Waals surface area contributed by atoms with Crippen molar-refractivity contribution in [1.29, 1.82) is 0 Å². The molecule has 0 bridgehead atoms. The van der Waals surface area contributed by atoms with Crippen LogP contribution in [0.5, 0.6) is 0 Å². The average Bonchev–Trinajstić information content (AvgIpc) is 3.47. The quantitative estimate of drug-likeness (QED) is 0.0261. The normalized spacial score (nSPS) is 13.4. The Morgan fingerprint density at radius 1 is 0.259 bits per heavy atom. The summed E-state index contributed by atoms with van der Waals surface area (Å²) in [6.07, 6.45) is 101. The Hall–Kier alpha value is -5.49. The number of carbonyl (C=O) groups excluding carboxylic acids is 3. The smallest absolute Gasteiger partial charge is 0.306 e. The lowest BCUT2D eigenvalue weighted by Crippen LogP contribution is -2.30. The molecule has 1 atom stereocenters. The number of ether oxygens (including phenoxy) is 3. The lowest BCUT2D eigenvalue weighted by Gasteiger charge is -2.18. The van der Waals surface area contributed by atoms with Crippen LogP contribution in [-0.4, -0.2) is 37.2 Å². The van der Waals surface area contributed by atoms with Crippen molar-refractivity contribution < 1.29 is 28.6 Å². The van der Waals surface area contributed by atoms with E-state index in [4.69, 9.17) is 14.2 Å². The summed E-state index contributed by atoms with van der Waals surface area (Å²) in [5, 5.41) is 0. The van der Waals surface area contributed by atoms with E-state index in [9.17, 15) is 14.4 Å². The molecule has 0 fully saturated rings. The zero-order valence-electron chi connectivity index (χ0n) is 51.7. The molecule has 0 heterocycles. The van der Waals surface area contributed by atoms with Crippen LogP contribution in [0.2, 0.25) is 0 Å². The lowest BCUT2D eigenvalue weighted by atomic mass is 10.1. The van der Waals surface area contributed by atoms with Crippen molar-refractivity contribution in [3.05, 3.63) is 182 Å². The first-order chi connectivity index (χ1) is 40.0. The zero-order chi connectivity index (χ0) is 58.5. The van der Waals surface area contributed by atoms with E-state index in [-0.39, 0.29) is 37.5 Å². The van der Waals surface area contributed by atoms with Crippen LogP contribution >= 0.6 is 0 Å². The number of hydrogen-bond acceptors (Lipinski definition) is 6. The monoisotopic (exact) mass is 1110 g/mol. The SMILES string of the molecule is CC/C=C\C/C=C\C/C=C\C/C=C\C/C=C\C/C=C\C/C=C\C/C=C\CCCCCCCCC(=O)OCC(COC(=O)CCCCCCCCCCC)OC(=O)CCC/C=C\C/C=C\C/C=C\C/C=C\C/C=C\C/C=C\C/C=C\CC. The maximum Gasteiger partial charge on any atom is 0.306 e. The Balaban J connectivity index is 4.38. The molecular formula is C75H116O6. The molecule has 81 heavy (non-hydrogen) atoms. The summed E-state index contributed by atoms with van der Waals surface area (Å²) < 4.78 is 16.8. The van der Waals surface area contributed by atoms with Gasteiger partial charge in [0.25, 0.3) is 0 Å². The fraction of sp³-hybridized carbons (Fsp3) is 0.560. The Labute approximate surface area is 497 Å². The number of rotatable bonds is 56. The lowest BCUT2D eigenvalue weighted by molar-refractivity contribution is -0.167. The maximum atomic E-state index is 12.9. The maximum absolute atomic E-state index is 12.9. The van der Waals surface area contributed by atoms with Crippen molar-refractivity contribution >= 4 is 17.9 Å². The first kappa shape index (κ1) is 75.5. The third kappa shape index (κ3) is 65.2. The van der Waals surface area contributed by atoms with Crippen LogP contribution in [0.25, 0.3) is 0 Å². The Morgan fingerprint density at radius 3 is 0.790 bits per heavy atom. The molecule has 0 amide bonds. The summed E-state index contributed by atoms with van der Waals surface area (Å²) in [5.74, 6) is -0.999. The average molecular weight is 1110 g/mol. The number of hydrogen-bond donors (Lipinski definition) is 0. The van der Waals surface area contributed by atoms with Gasteiger partial charge in [0.05, 0.1) is 0 Å². The van der Waals surface area contributed by atoms with Gasteiger partial charge in [-0.1, -0.05) is 280 Å². The minimum atomic E-state index is -0.824. The Bertz CT molecular complexity index is 1900. The molecule has 0 aliphatic rings. The molecule has 0 aromatic carbocycles. The minimum Gasteiger partial charge on any atom is -0.462 e. The summed E-state index contributed by atoms with van der Waals surface area (Å²) in [6.45, 7) is 6.32. The van der Waals surface area contributed by atoms with E-state index >= 15 is 0 Å². The van der Waals surface area contributed by atoms with Crippen molar-refractivity contribution in [3.63, 3.8) is 0 Å². The van der Waals surface area contributed by atoms with Gasteiger partial charge >= 0.3 is 17.9 Å². The van der Waals surface area contributed by atoms with Gasteiger partial charge in [0.1, 0.15) is 13.2 Å². The second-order valence-electron chi connectivity index (χ2n) is 20.6. The largest absolute Gasteiger partial charge is 0.462 e. The van der Waals surface area contributed by atoms with Crippen LogP contribution in [0.3, 0.4) is 0 Å². The molecule has 0 saturated heterocycles. The van der Waals surface area contributed by atoms with Gasteiger partial charge in [-0.2, -0.15) is 0 Å². The van der Waals surface area contributed by atoms with Crippen molar-refractivity contribution in [3.8, 4) is 0 Å². The molecule has 0 aromatic rings. The van der Waals surface area contributed by atoms with Crippen LogP contribution in [0.1, 0.15) is 252 Å². The van der Waals surface area contributed by atoms with Crippen molar-refractivity contribution in [2.75, 3.05) is 13.2 Å². The van der Waals surface area contributed by atoms with Gasteiger partial charge in [0.2, 0.25) is 0 Å². The summed E-state index contributed by atoms with van der Waals surface area (Å²) in [6, 6.07) is 0. The molecule has 1 unspecified atom stereocenters. The fourth-order valence-electron chi connectivity index (χ4n) is 8.15. The molecule has 0 aliphatic heterocycles. The molecule has 0 radical (unpaired) electrons. The van der Waals surface area contributed by atoms with Gasteiger partial charge in [-0.25, -0.2) is 0 Å². The zero-order valence-corrected chi connectivity index (χ0v) is 51.7. The molecule has 6 heteroatoms. The van der Waals surface area contributed by atoms with Gasteiger partial charge < -0.3 is 14.2 Å². The number of esters is 3. The molecule has 0 saturated carbocycles. The predicted octanol–water partition coefficient (Wildman–Crippen LogP) is 22.4. The highest BCUT2D eigenvalue weighted by atomic mass is 16.6. The fourth-order valence-corrected chi connectivity index (χ4v) is 8.15. The highest BCUT2D eigenvalue weighted by molar-refractivity contribution is 5.71. The minimum absolute atomic E-state index is 0.113. The Kier molecular flexibility index (Phi) is 62.5. The number of allylic oxidation sites excluding steroid dienone is 30. The molecule has 0 aromatic heterocycles. The molecule has 452 valence electrons. The standard InChI is InChI=1S/C75H116O6/c1-4-7-10-13-16-19-21-23-25-27-29-31-33-34-35-36-37-38-39-40-42-43-45-47-49-51-53-56-59-62-65-68-74(77)80-71-72(70-79-73(76)67-64-61-58-55-18-15-12-9-6-3)81-75(78)69-66-63-60-57-54-52-50-48-46-44-41-32-30-28-26-24-22-20-17-14-11-8-5-2/h7-8,10-11,16-17,19-20,23-26,29-32,34-35,37-38,40,42,44-47,50,52,57,60,72H,4-6,9,12-15,18,21-22,27-28,33,36,39,41,43,48-49,51,53-56,58-59,61-71H2,1-3H3/b10-7-,11-8-,19-16-,20-17-,25-23-,26-24-,31-29-,32-30-,35-34-,38-37-,42-40-,46-44-,47-45-,52-50-,60-57-.